The summed E-state index contributed by atoms with van der Waals surface area (Å²) in [4.78, 5) is 24.7. The van der Waals surface area contributed by atoms with E-state index < -0.39 is 0 Å². The van der Waals surface area contributed by atoms with Gasteiger partial charge in [0.05, 0.1) is 25.0 Å². The van der Waals surface area contributed by atoms with Crippen molar-refractivity contribution in [2.75, 3.05) is 18.2 Å². The Morgan fingerprint density at radius 1 is 1.19 bits per heavy atom. The Morgan fingerprint density at radius 3 is 2.71 bits per heavy atom. The van der Waals surface area contributed by atoms with Gasteiger partial charge in [-0.3, -0.25) is 9.59 Å². The molecule has 0 saturated carbocycles. The highest BCUT2D eigenvalue weighted by Crippen LogP contribution is 2.21. The fraction of sp³-hybridized carbons (Fsp3) is 0.238. The number of aryl methyl sites for hydroxylation is 1. The summed E-state index contributed by atoms with van der Waals surface area (Å²) < 4.78 is 6.96. The van der Waals surface area contributed by atoms with Crippen molar-refractivity contribution >= 4 is 40.9 Å². The lowest BCUT2D eigenvalue weighted by atomic mass is 10.2. The first kappa shape index (κ1) is 22.6. The lowest BCUT2D eigenvalue weighted by Gasteiger charge is -2.09. The number of nitrogens with one attached hydrogen (secondary N) is 2. The lowest BCUT2D eigenvalue weighted by Crippen LogP contribution is -2.25. The third-order valence-electron chi connectivity index (χ3n) is 4.48. The fourth-order valence-electron chi connectivity index (χ4n) is 2.80. The molecule has 0 bridgehead atoms. The second kappa shape index (κ2) is 10.3. The van der Waals surface area contributed by atoms with Gasteiger partial charge in [0, 0.05) is 17.8 Å². The van der Waals surface area contributed by atoms with Crippen LogP contribution in [0, 0.1) is 6.92 Å². The summed E-state index contributed by atoms with van der Waals surface area (Å²) in [5.41, 5.74) is 2.04. The molecule has 0 radical (unpaired) electrons. The first-order valence-electron chi connectivity index (χ1n) is 9.37. The van der Waals surface area contributed by atoms with Crippen molar-refractivity contribution in [1.29, 1.82) is 0 Å². The number of benzene rings is 2. The van der Waals surface area contributed by atoms with Gasteiger partial charge < -0.3 is 19.9 Å². The van der Waals surface area contributed by atoms with Crippen LogP contribution in [0.25, 0.3) is 0 Å². The van der Waals surface area contributed by atoms with Crippen molar-refractivity contribution in [2.24, 2.45) is 7.05 Å². The second-order valence-corrected chi connectivity index (χ2v) is 8.02. The Bertz CT molecular complexity index is 1100. The van der Waals surface area contributed by atoms with Crippen molar-refractivity contribution in [3.05, 3.63) is 64.4 Å². The maximum absolute atomic E-state index is 12.4. The normalized spacial score (nSPS) is 10.6. The van der Waals surface area contributed by atoms with Crippen LogP contribution in [-0.2, 0) is 18.4 Å². The van der Waals surface area contributed by atoms with Crippen molar-refractivity contribution in [3.63, 3.8) is 0 Å². The van der Waals surface area contributed by atoms with E-state index in [1.165, 1.54) is 18.9 Å². The molecule has 0 aliphatic carbocycles. The topological polar surface area (TPSA) is 98.1 Å². The SMILES string of the molecule is COc1ccccc1C(=O)NCc1nnc(SCC(=O)Nc2ccc(Cl)cc2C)n1C. The molecule has 0 spiro atoms. The van der Waals surface area contributed by atoms with Crippen LogP contribution < -0.4 is 15.4 Å². The number of rotatable bonds is 8. The Morgan fingerprint density at radius 2 is 1.97 bits per heavy atom. The number of hydrogen-bond donors (Lipinski definition) is 2. The van der Waals surface area contributed by atoms with Crippen LogP contribution in [0.1, 0.15) is 21.7 Å². The van der Waals surface area contributed by atoms with Gasteiger partial charge in [0.1, 0.15) is 5.75 Å². The molecule has 2 N–H and O–H groups in total. The maximum Gasteiger partial charge on any atom is 0.255 e. The third kappa shape index (κ3) is 5.77. The number of ether oxygens (including phenoxy) is 1. The highest BCUT2D eigenvalue weighted by Gasteiger charge is 2.15. The maximum atomic E-state index is 12.4. The van der Waals surface area contributed by atoms with Gasteiger partial charge in [-0.15, -0.1) is 10.2 Å². The average Bonchev–Trinajstić information content (AvgIpc) is 3.11. The monoisotopic (exact) mass is 459 g/mol. The minimum atomic E-state index is -0.271. The smallest absolute Gasteiger partial charge is 0.255 e. The van der Waals surface area contributed by atoms with E-state index in [4.69, 9.17) is 16.3 Å². The van der Waals surface area contributed by atoms with Crippen molar-refractivity contribution in [3.8, 4) is 5.75 Å². The molecule has 0 aliphatic heterocycles. The zero-order valence-electron chi connectivity index (χ0n) is 17.3. The van der Waals surface area contributed by atoms with Gasteiger partial charge in [-0.25, -0.2) is 0 Å². The van der Waals surface area contributed by atoms with Crippen molar-refractivity contribution in [1.82, 2.24) is 20.1 Å². The van der Waals surface area contributed by atoms with E-state index in [1.807, 2.05) is 6.92 Å². The number of carbonyl (C=O) groups is 2. The summed E-state index contributed by atoms with van der Waals surface area (Å²) in [5, 5.41) is 15.1. The van der Waals surface area contributed by atoms with Gasteiger partial charge in [0.2, 0.25) is 5.91 Å². The average molecular weight is 460 g/mol. The number of halogens is 1. The molecule has 1 aromatic heterocycles. The number of anilines is 1. The molecule has 31 heavy (non-hydrogen) atoms. The van der Waals surface area contributed by atoms with E-state index in [2.05, 4.69) is 20.8 Å². The van der Waals surface area contributed by atoms with E-state index in [9.17, 15) is 9.59 Å². The van der Waals surface area contributed by atoms with Gasteiger partial charge in [0.15, 0.2) is 11.0 Å². The Kier molecular flexibility index (Phi) is 7.54. The van der Waals surface area contributed by atoms with Crippen molar-refractivity contribution in [2.45, 2.75) is 18.6 Å². The molecule has 3 rings (SSSR count). The van der Waals surface area contributed by atoms with E-state index in [0.717, 1.165) is 5.56 Å². The second-order valence-electron chi connectivity index (χ2n) is 6.64. The molecule has 0 aliphatic rings. The Hall–Kier alpha value is -3.04. The Labute approximate surface area is 189 Å². The zero-order valence-corrected chi connectivity index (χ0v) is 18.9. The van der Waals surface area contributed by atoms with Gasteiger partial charge in [-0.1, -0.05) is 35.5 Å². The summed E-state index contributed by atoms with van der Waals surface area (Å²) in [6, 6.07) is 12.3. The fourth-order valence-corrected chi connectivity index (χ4v) is 3.75. The van der Waals surface area contributed by atoms with E-state index >= 15 is 0 Å². The Balaban J connectivity index is 1.55. The first-order chi connectivity index (χ1) is 14.9. The number of aromatic nitrogens is 3. The number of nitrogens with zero attached hydrogens (tertiary/aromatic N) is 3. The summed E-state index contributed by atoms with van der Waals surface area (Å²) >= 11 is 7.20. The van der Waals surface area contributed by atoms with Crippen LogP contribution >= 0.6 is 23.4 Å². The van der Waals surface area contributed by atoms with Crippen LogP contribution in [0.4, 0.5) is 5.69 Å². The largest absolute Gasteiger partial charge is 0.496 e. The predicted molar refractivity (Wildman–Crippen MR) is 121 cm³/mol. The third-order valence-corrected chi connectivity index (χ3v) is 5.73. The van der Waals surface area contributed by atoms with Crippen LogP contribution in [0.15, 0.2) is 47.6 Å². The number of carbonyl (C=O) groups excluding carboxylic acids is 2. The summed E-state index contributed by atoms with van der Waals surface area (Å²) in [5.74, 6) is 0.800. The number of methoxy groups -OCH3 is 1. The molecule has 3 aromatic rings. The minimum Gasteiger partial charge on any atom is -0.496 e. The number of thioether (sulfide) groups is 1. The quantitative estimate of drug-likeness (QED) is 0.501. The molecular formula is C21H22ClN5O3S. The number of para-hydroxylation sites is 1. The predicted octanol–water partition coefficient (Wildman–Crippen LogP) is 3.45. The molecule has 1 heterocycles. The summed E-state index contributed by atoms with van der Waals surface area (Å²) in [6.07, 6.45) is 0. The standard InChI is InChI=1S/C21H22ClN5O3S/c1-13-10-14(22)8-9-16(13)24-19(28)12-31-21-26-25-18(27(21)2)11-23-20(29)15-6-4-5-7-17(15)30-3/h4-10H,11-12H2,1-3H3,(H,23,29)(H,24,28). The van der Waals surface area contributed by atoms with Gasteiger partial charge in [-0.2, -0.15) is 0 Å². The highest BCUT2D eigenvalue weighted by molar-refractivity contribution is 7.99. The van der Waals surface area contributed by atoms with Gasteiger partial charge in [-0.05, 0) is 42.8 Å². The van der Waals surface area contributed by atoms with Gasteiger partial charge >= 0.3 is 0 Å². The van der Waals surface area contributed by atoms with Crippen LogP contribution in [0.2, 0.25) is 5.02 Å². The van der Waals surface area contributed by atoms with E-state index in [1.54, 1.807) is 54.1 Å². The zero-order chi connectivity index (χ0) is 22.4. The van der Waals surface area contributed by atoms with Crippen LogP contribution in [0.3, 0.4) is 0 Å². The van der Waals surface area contributed by atoms with Crippen LogP contribution in [-0.4, -0.2) is 39.4 Å². The highest BCUT2D eigenvalue weighted by atomic mass is 35.5. The molecule has 162 valence electrons. The molecule has 2 aromatic carbocycles. The molecular weight excluding hydrogens is 438 g/mol. The van der Waals surface area contributed by atoms with E-state index in [0.29, 0.717) is 33.0 Å². The summed E-state index contributed by atoms with van der Waals surface area (Å²) in [7, 11) is 3.30. The minimum absolute atomic E-state index is 0.163. The molecule has 8 nitrogen and oxygen atoms in total. The molecule has 2 amide bonds. The molecule has 0 fully saturated rings. The van der Waals surface area contributed by atoms with Crippen LogP contribution in [0.5, 0.6) is 5.75 Å². The van der Waals surface area contributed by atoms with E-state index in [-0.39, 0.29) is 24.1 Å². The molecule has 0 saturated heterocycles. The molecule has 0 atom stereocenters. The summed E-state index contributed by atoms with van der Waals surface area (Å²) in [6.45, 7) is 2.07. The number of amides is 2. The molecule has 10 heteroatoms. The lowest BCUT2D eigenvalue weighted by molar-refractivity contribution is -0.113. The molecule has 0 unspecified atom stereocenters. The first-order valence-corrected chi connectivity index (χ1v) is 10.7. The van der Waals surface area contributed by atoms with Crippen molar-refractivity contribution < 1.29 is 14.3 Å². The number of hydrogen-bond acceptors (Lipinski definition) is 6. The van der Waals surface area contributed by atoms with Gasteiger partial charge in [0.25, 0.3) is 5.91 Å².